The van der Waals surface area contributed by atoms with Gasteiger partial charge in [0.2, 0.25) is 0 Å². The molecular weight excluding hydrogens is 420 g/mol. The summed E-state index contributed by atoms with van der Waals surface area (Å²) in [6.07, 6.45) is 1.27. The SMILES string of the molecule is CCC(C)(C)C.O=C([O-])c1ccccc1.O=C([O-])c1ccccc1.O=C([O-])c1ccccc1. The van der Waals surface area contributed by atoms with E-state index in [1.54, 1.807) is 54.6 Å². The third kappa shape index (κ3) is 15.5. The number of benzene rings is 3. The summed E-state index contributed by atoms with van der Waals surface area (Å²) in [6.45, 7) is 8.94. The molecule has 0 spiro atoms. The molecule has 33 heavy (non-hydrogen) atoms. The fraction of sp³-hybridized carbons (Fsp3) is 0.222. The van der Waals surface area contributed by atoms with Crippen LogP contribution < -0.4 is 15.3 Å². The summed E-state index contributed by atoms with van der Waals surface area (Å²) in [5, 5.41) is 30.3. The van der Waals surface area contributed by atoms with Crippen LogP contribution >= 0.6 is 0 Å². The predicted octanol–water partition coefficient (Wildman–Crippen LogP) is 2.59. The van der Waals surface area contributed by atoms with Crippen molar-refractivity contribution in [3.05, 3.63) is 108 Å². The molecule has 3 rings (SSSR count). The lowest BCUT2D eigenvalue weighted by Crippen LogP contribution is -2.21. The summed E-state index contributed by atoms with van der Waals surface area (Å²) in [5.41, 5.74) is 1.20. The van der Waals surface area contributed by atoms with Crippen molar-refractivity contribution in [2.24, 2.45) is 5.41 Å². The number of carbonyl (C=O) groups excluding carboxylic acids is 3. The van der Waals surface area contributed by atoms with Gasteiger partial charge in [-0.3, -0.25) is 0 Å². The first-order chi connectivity index (χ1) is 15.5. The lowest BCUT2D eigenvalue weighted by Gasteiger charge is -2.12. The van der Waals surface area contributed by atoms with E-state index in [0.29, 0.717) is 5.41 Å². The number of rotatable bonds is 3. The van der Waals surface area contributed by atoms with Gasteiger partial charge in [0, 0.05) is 0 Å². The fourth-order valence-electron chi connectivity index (χ4n) is 1.72. The Kier molecular flexibility index (Phi) is 13.9. The number of hydrogen-bond acceptors (Lipinski definition) is 6. The van der Waals surface area contributed by atoms with Crippen molar-refractivity contribution in [2.75, 3.05) is 0 Å². The summed E-state index contributed by atoms with van der Waals surface area (Å²) >= 11 is 0. The predicted molar refractivity (Wildman–Crippen MR) is 122 cm³/mol. The molecule has 0 aliphatic heterocycles. The van der Waals surface area contributed by atoms with Crippen LogP contribution in [0.25, 0.3) is 0 Å². The Morgan fingerprint density at radius 2 is 0.727 bits per heavy atom. The molecule has 0 heterocycles. The lowest BCUT2D eigenvalue weighted by atomic mass is 9.94. The summed E-state index contributed by atoms with van der Waals surface area (Å²) in [4.78, 5) is 30.3. The first-order valence-corrected chi connectivity index (χ1v) is 10.3. The average Bonchev–Trinajstić information content (AvgIpc) is 2.81. The molecule has 0 aliphatic carbocycles. The number of hydrogen-bond donors (Lipinski definition) is 0. The molecule has 0 fully saturated rings. The van der Waals surface area contributed by atoms with E-state index in [9.17, 15) is 29.7 Å². The number of carbonyl (C=O) groups is 3. The molecule has 0 bridgehead atoms. The molecule has 0 saturated heterocycles. The zero-order valence-electron chi connectivity index (χ0n) is 19.3. The van der Waals surface area contributed by atoms with Gasteiger partial charge < -0.3 is 29.7 Å². The Morgan fingerprint density at radius 3 is 0.818 bits per heavy atom. The van der Waals surface area contributed by atoms with Gasteiger partial charge in [-0.1, -0.05) is 125 Å². The highest BCUT2D eigenvalue weighted by atomic mass is 16.4. The topological polar surface area (TPSA) is 120 Å². The van der Waals surface area contributed by atoms with E-state index in [0.717, 1.165) is 0 Å². The highest BCUT2D eigenvalue weighted by Gasteiger charge is 2.03. The monoisotopic (exact) mass is 449 g/mol. The third-order valence-corrected chi connectivity index (χ3v) is 4.09. The second-order valence-corrected chi connectivity index (χ2v) is 7.87. The second kappa shape index (κ2) is 15.8. The summed E-state index contributed by atoms with van der Waals surface area (Å²) in [5.74, 6) is -3.39. The minimum Gasteiger partial charge on any atom is -0.545 e. The summed E-state index contributed by atoms with van der Waals surface area (Å²) in [6, 6.07) is 24.2. The van der Waals surface area contributed by atoms with Crippen LogP contribution in [0.2, 0.25) is 0 Å². The minimum absolute atomic E-state index is 0.220. The van der Waals surface area contributed by atoms with Gasteiger partial charge in [0.15, 0.2) is 0 Å². The zero-order valence-corrected chi connectivity index (χ0v) is 19.3. The molecule has 0 atom stereocenters. The van der Waals surface area contributed by atoms with Gasteiger partial charge in [-0.05, 0) is 22.1 Å². The highest BCUT2D eigenvalue weighted by Crippen LogP contribution is 2.16. The minimum atomic E-state index is -1.13. The van der Waals surface area contributed by atoms with Crippen molar-refractivity contribution < 1.29 is 29.7 Å². The molecule has 0 N–H and O–H groups in total. The van der Waals surface area contributed by atoms with Crippen LogP contribution in [0.5, 0.6) is 0 Å². The van der Waals surface area contributed by atoms with E-state index in [2.05, 4.69) is 27.7 Å². The van der Waals surface area contributed by atoms with E-state index < -0.39 is 17.9 Å². The summed E-state index contributed by atoms with van der Waals surface area (Å²) < 4.78 is 0. The fourth-order valence-corrected chi connectivity index (χ4v) is 1.72. The number of carboxylic acids is 3. The van der Waals surface area contributed by atoms with E-state index in [1.807, 2.05) is 0 Å². The van der Waals surface area contributed by atoms with Crippen LogP contribution in [0.4, 0.5) is 0 Å². The van der Waals surface area contributed by atoms with Gasteiger partial charge in [-0.2, -0.15) is 0 Å². The van der Waals surface area contributed by atoms with Crippen LogP contribution in [0, 0.1) is 5.41 Å². The quantitative estimate of drug-likeness (QED) is 0.606. The van der Waals surface area contributed by atoms with Crippen LogP contribution in [0.1, 0.15) is 65.2 Å². The largest absolute Gasteiger partial charge is 0.545 e. The van der Waals surface area contributed by atoms with E-state index in [4.69, 9.17) is 0 Å². The Balaban J connectivity index is 0.000000419. The van der Waals surface area contributed by atoms with E-state index >= 15 is 0 Å². The normalized spacial score (nSPS) is 9.45. The molecule has 176 valence electrons. The van der Waals surface area contributed by atoms with Gasteiger partial charge >= 0.3 is 0 Å². The number of aromatic carboxylic acids is 3. The molecule has 0 aromatic heterocycles. The Morgan fingerprint density at radius 1 is 0.545 bits per heavy atom. The molecule has 0 aliphatic rings. The van der Waals surface area contributed by atoms with E-state index in [-0.39, 0.29) is 16.7 Å². The van der Waals surface area contributed by atoms with Crippen LogP contribution in [-0.4, -0.2) is 17.9 Å². The second-order valence-electron chi connectivity index (χ2n) is 7.87. The van der Waals surface area contributed by atoms with Gasteiger partial charge in [-0.25, -0.2) is 0 Å². The maximum absolute atomic E-state index is 10.1. The van der Waals surface area contributed by atoms with Crippen molar-refractivity contribution >= 4 is 17.9 Å². The standard InChI is InChI=1S/3C7H6O2.C6H14/c3*8-7(9)6-4-2-1-3-5-6;1-5-6(2,3)4/h3*1-5H,(H,8,9);5H2,1-4H3/p-3. The maximum Gasteiger partial charge on any atom is 0.0715 e. The molecule has 0 unspecified atom stereocenters. The molecule has 0 saturated carbocycles. The smallest absolute Gasteiger partial charge is 0.0715 e. The van der Waals surface area contributed by atoms with Crippen molar-refractivity contribution in [1.82, 2.24) is 0 Å². The van der Waals surface area contributed by atoms with Crippen molar-refractivity contribution in [3.63, 3.8) is 0 Å². The lowest BCUT2D eigenvalue weighted by molar-refractivity contribution is -0.256. The van der Waals surface area contributed by atoms with Gasteiger partial charge in [0.05, 0.1) is 17.9 Å². The Hall–Kier alpha value is -3.93. The van der Waals surface area contributed by atoms with Crippen molar-refractivity contribution in [3.8, 4) is 0 Å². The maximum atomic E-state index is 10.1. The van der Waals surface area contributed by atoms with E-state index in [1.165, 1.54) is 42.8 Å². The van der Waals surface area contributed by atoms with Crippen LogP contribution in [0.3, 0.4) is 0 Å². The number of carboxylic acid groups (broad SMARTS) is 3. The van der Waals surface area contributed by atoms with Gasteiger partial charge in [0.25, 0.3) is 0 Å². The van der Waals surface area contributed by atoms with Crippen molar-refractivity contribution in [1.29, 1.82) is 0 Å². The van der Waals surface area contributed by atoms with Crippen LogP contribution in [-0.2, 0) is 0 Å². The Bertz CT molecular complexity index is 828. The van der Waals surface area contributed by atoms with Crippen molar-refractivity contribution in [2.45, 2.75) is 34.1 Å². The molecule has 6 heteroatoms. The average molecular weight is 450 g/mol. The first-order valence-electron chi connectivity index (χ1n) is 10.3. The summed E-state index contributed by atoms with van der Waals surface area (Å²) in [7, 11) is 0. The Labute approximate surface area is 195 Å². The third-order valence-electron chi connectivity index (χ3n) is 4.09. The first kappa shape index (κ1) is 29.1. The van der Waals surface area contributed by atoms with Crippen LogP contribution in [0.15, 0.2) is 91.0 Å². The molecule has 3 aromatic rings. The molecule has 3 aromatic carbocycles. The van der Waals surface area contributed by atoms with Gasteiger partial charge in [-0.15, -0.1) is 0 Å². The highest BCUT2D eigenvalue weighted by molar-refractivity contribution is 5.86. The molecule has 6 nitrogen and oxygen atoms in total. The van der Waals surface area contributed by atoms with Gasteiger partial charge in [0.1, 0.15) is 0 Å². The zero-order chi connectivity index (χ0) is 25.3. The molecular formula is C27H29O6-3. The molecule has 0 amide bonds. The molecule has 0 radical (unpaired) electrons.